The lowest BCUT2D eigenvalue weighted by atomic mass is 9.94. The summed E-state index contributed by atoms with van der Waals surface area (Å²) in [5.74, 6) is 0.621. The van der Waals surface area contributed by atoms with Crippen molar-refractivity contribution < 1.29 is 8.83 Å². The van der Waals surface area contributed by atoms with Gasteiger partial charge in [0.15, 0.2) is 0 Å². The van der Waals surface area contributed by atoms with Gasteiger partial charge in [0.1, 0.15) is 22.3 Å². The molecule has 4 heterocycles. The summed E-state index contributed by atoms with van der Waals surface area (Å²) in [6, 6.07) is 57.0. The van der Waals surface area contributed by atoms with E-state index in [2.05, 4.69) is 138 Å². The molecule has 12 aromatic rings. The fourth-order valence-corrected chi connectivity index (χ4v) is 8.49. The first-order valence-electron chi connectivity index (χ1n) is 17.8. The van der Waals surface area contributed by atoms with Crippen LogP contribution in [0.5, 0.6) is 0 Å². The molecule has 0 aliphatic rings. The topological polar surface area (TPSA) is 57.0 Å². The largest absolute Gasteiger partial charge is 0.455 e. The van der Waals surface area contributed by atoms with Crippen LogP contribution in [0.25, 0.3) is 116 Å². The third-order valence-electron chi connectivity index (χ3n) is 10.8. The van der Waals surface area contributed by atoms with Crippen LogP contribution >= 0.6 is 0 Å². The van der Waals surface area contributed by atoms with E-state index in [0.29, 0.717) is 5.95 Å². The van der Waals surface area contributed by atoms with Gasteiger partial charge in [-0.1, -0.05) is 127 Å². The van der Waals surface area contributed by atoms with Crippen molar-refractivity contribution in [1.29, 1.82) is 0 Å². The Labute approximate surface area is 302 Å². The lowest BCUT2D eigenvalue weighted by Gasteiger charge is -2.11. The molecule has 0 fully saturated rings. The second-order valence-electron chi connectivity index (χ2n) is 13.7. The standard InChI is InChI=1S/C48H27N3O2/c1-2-13-28(14-3-1)44-35-18-6-9-22-39(35)49-48(50-44)51-40-23-10-7-19-36(40)43-41(51)26-25-34-38-27-37(29-15-4-5-17-31(29)46(38)53-47(34)43)33-21-12-20-32-30-16-8-11-24-42(30)52-45(32)33/h1-27H. The fourth-order valence-electron chi connectivity index (χ4n) is 8.49. The Kier molecular flexibility index (Phi) is 5.71. The normalized spacial score (nSPS) is 12.2. The van der Waals surface area contributed by atoms with Gasteiger partial charge in [-0.05, 0) is 47.3 Å². The molecule has 246 valence electrons. The highest BCUT2D eigenvalue weighted by Gasteiger charge is 2.23. The van der Waals surface area contributed by atoms with E-state index in [-0.39, 0.29) is 0 Å². The van der Waals surface area contributed by atoms with Crippen molar-refractivity contribution in [3.63, 3.8) is 0 Å². The highest BCUT2D eigenvalue weighted by atomic mass is 16.3. The molecule has 53 heavy (non-hydrogen) atoms. The van der Waals surface area contributed by atoms with E-state index in [1.807, 2.05) is 30.3 Å². The Morgan fingerprint density at radius 3 is 1.96 bits per heavy atom. The summed E-state index contributed by atoms with van der Waals surface area (Å²) in [5, 5.41) is 9.67. The van der Waals surface area contributed by atoms with Gasteiger partial charge in [0, 0.05) is 48.8 Å². The molecule has 8 aromatic carbocycles. The molecule has 0 aliphatic heterocycles. The minimum absolute atomic E-state index is 0.621. The summed E-state index contributed by atoms with van der Waals surface area (Å²) in [5.41, 5.74) is 10.5. The van der Waals surface area contributed by atoms with Gasteiger partial charge >= 0.3 is 0 Å². The zero-order chi connectivity index (χ0) is 34.6. The minimum Gasteiger partial charge on any atom is -0.455 e. The zero-order valence-electron chi connectivity index (χ0n) is 28.2. The molecule has 12 rings (SSSR count). The number of fused-ring (bicyclic) bond motifs is 13. The van der Waals surface area contributed by atoms with Crippen LogP contribution in [0.1, 0.15) is 0 Å². The van der Waals surface area contributed by atoms with Gasteiger partial charge < -0.3 is 8.83 Å². The maximum absolute atomic E-state index is 7.05. The molecule has 5 heteroatoms. The number of para-hydroxylation sites is 4. The predicted molar refractivity (Wildman–Crippen MR) is 217 cm³/mol. The zero-order valence-corrected chi connectivity index (χ0v) is 28.2. The first-order chi connectivity index (χ1) is 26.3. The maximum Gasteiger partial charge on any atom is 0.235 e. The summed E-state index contributed by atoms with van der Waals surface area (Å²) >= 11 is 0. The minimum atomic E-state index is 0.621. The van der Waals surface area contributed by atoms with Gasteiger partial charge in [-0.15, -0.1) is 0 Å². The van der Waals surface area contributed by atoms with Gasteiger partial charge in [0.25, 0.3) is 0 Å². The summed E-state index contributed by atoms with van der Waals surface area (Å²) in [4.78, 5) is 10.4. The number of aromatic nitrogens is 3. The average molecular weight is 678 g/mol. The first kappa shape index (κ1) is 28.5. The highest BCUT2D eigenvalue weighted by Crippen LogP contribution is 2.46. The molecule has 4 aromatic heterocycles. The van der Waals surface area contributed by atoms with Crippen LogP contribution < -0.4 is 0 Å². The number of rotatable bonds is 3. The average Bonchev–Trinajstić information content (AvgIpc) is 3.90. The second-order valence-corrected chi connectivity index (χ2v) is 13.7. The Bertz CT molecular complexity index is 3460. The molecule has 0 unspecified atom stereocenters. The van der Waals surface area contributed by atoms with Crippen LogP contribution in [0.4, 0.5) is 0 Å². The highest BCUT2D eigenvalue weighted by molar-refractivity contribution is 6.28. The molecular weight excluding hydrogens is 651 g/mol. The Hall–Kier alpha value is -7.24. The molecule has 0 saturated heterocycles. The van der Waals surface area contributed by atoms with Gasteiger partial charge in [0.05, 0.1) is 27.6 Å². The van der Waals surface area contributed by atoms with Crippen molar-refractivity contribution in [2.24, 2.45) is 0 Å². The summed E-state index contributed by atoms with van der Waals surface area (Å²) in [6.07, 6.45) is 0. The van der Waals surface area contributed by atoms with Crippen molar-refractivity contribution in [3.05, 3.63) is 164 Å². The van der Waals surface area contributed by atoms with Gasteiger partial charge in [0.2, 0.25) is 5.95 Å². The third kappa shape index (κ3) is 3.96. The number of benzene rings is 8. The molecule has 0 saturated carbocycles. The van der Waals surface area contributed by atoms with Crippen LogP contribution in [0.2, 0.25) is 0 Å². The van der Waals surface area contributed by atoms with Crippen LogP contribution in [-0.2, 0) is 0 Å². The molecule has 0 atom stereocenters. The number of hydrogen-bond donors (Lipinski definition) is 0. The molecule has 5 nitrogen and oxygen atoms in total. The number of hydrogen-bond acceptors (Lipinski definition) is 4. The van der Waals surface area contributed by atoms with Crippen LogP contribution in [-0.4, -0.2) is 14.5 Å². The SMILES string of the molecule is c1ccc(-c2nc(-n3c4ccccc4c4c5oc6c7ccccc7c(-c7cccc8c7oc7ccccc78)cc6c5ccc43)nc3ccccc23)cc1. The maximum atomic E-state index is 7.05. The molecular formula is C48H27N3O2. The van der Waals surface area contributed by atoms with E-state index in [4.69, 9.17) is 18.8 Å². The van der Waals surface area contributed by atoms with E-state index in [1.165, 1.54) is 0 Å². The smallest absolute Gasteiger partial charge is 0.235 e. The van der Waals surface area contributed by atoms with Crippen molar-refractivity contribution >= 4 is 87.4 Å². The van der Waals surface area contributed by atoms with Gasteiger partial charge in [-0.3, -0.25) is 4.57 Å². The molecule has 0 bridgehead atoms. The van der Waals surface area contributed by atoms with Crippen molar-refractivity contribution in [2.45, 2.75) is 0 Å². The number of furan rings is 2. The summed E-state index contributed by atoms with van der Waals surface area (Å²) < 4.78 is 15.8. The van der Waals surface area contributed by atoms with Crippen LogP contribution in [0.3, 0.4) is 0 Å². The monoisotopic (exact) mass is 677 g/mol. The van der Waals surface area contributed by atoms with Crippen LogP contribution in [0, 0.1) is 0 Å². The van der Waals surface area contributed by atoms with E-state index in [1.54, 1.807) is 0 Å². The molecule has 0 N–H and O–H groups in total. The lowest BCUT2D eigenvalue weighted by Crippen LogP contribution is -2.03. The van der Waals surface area contributed by atoms with E-state index in [0.717, 1.165) is 110 Å². The predicted octanol–water partition coefficient (Wildman–Crippen LogP) is 13.0. The third-order valence-corrected chi connectivity index (χ3v) is 10.8. The van der Waals surface area contributed by atoms with Crippen molar-refractivity contribution in [2.75, 3.05) is 0 Å². The van der Waals surface area contributed by atoms with Crippen molar-refractivity contribution in [3.8, 4) is 28.3 Å². The summed E-state index contributed by atoms with van der Waals surface area (Å²) in [6.45, 7) is 0. The quantitative estimate of drug-likeness (QED) is 0.187. The molecule has 0 amide bonds. The molecule has 0 aliphatic carbocycles. The molecule has 0 radical (unpaired) electrons. The molecule has 0 spiro atoms. The van der Waals surface area contributed by atoms with Crippen LogP contribution in [0.15, 0.2) is 173 Å². The Balaban J connectivity index is 1.17. The Morgan fingerprint density at radius 2 is 1.08 bits per heavy atom. The van der Waals surface area contributed by atoms with Crippen molar-refractivity contribution in [1.82, 2.24) is 14.5 Å². The second kappa shape index (κ2) is 10.6. The van der Waals surface area contributed by atoms with Gasteiger partial charge in [-0.2, -0.15) is 0 Å². The first-order valence-corrected chi connectivity index (χ1v) is 17.8. The van der Waals surface area contributed by atoms with E-state index < -0.39 is 0 Å². The lowest BCUT2D eigenvalue weighted by molar-refractivity contribution is 0.670. The summed E-state index contributed by atoms with van der Waals surface area (Å²) in [7, 11) is 0. The van der Waals surface area contributed by atoms with Gasteiger partial charge in [-0.25, -0.2) is 9.97 Å². The Morgan fingerprint density at radius 1 is 0.396 bits per heavy atom. The van der Waals surface area contributed by atoms with E-state index in [9.17, 15) is 0 Å². The number of nitrogens with zero attached hydrogens (tertiary/aromatic N) is 3. The van der Waals surface area contributed by atoms with E-state index >= 15 is 0 Å². The fraction of sp³-hybridized carbons (Fsp3) is 0.